The number of hydrogen-bond donors (Lipinski definition) is 0. The standard InChI is InChI=1S/C17H32INO3/c1-6-7-14(2)12-21-17(13-18)8-10-19(11-9-17)15(20)22-16(3,4)5/h14H,6-13H2,1-5H3. The summed E-state index contributed by atoms with van der Waals surface area (Å²) in [5.41, 5.74) is -0.498. The molecule has 0 aromatic carbocycles. The van der Waals surface area contributed by atoms with Crippen molar-refractivity contribution in [2.75, 3.05) is 24.1 Å². The molecule has 0 saturated carbocycles. The molecule has 1 rings (SSSR count). The third-order valence-electron chi connectivity index (χ3n) is 4.03. The first-order valence-electron chi connectivity index (χ1n) is 8.39. The first-order valence-corrected chi connectivity index (χ1v) is 9.92. The highest BCUT2D eigenvalue weighted by molar-refractivity contribution is 14.1. The van der Waals surface area contributed by atoms with Crippen molar-refractivity contribution in [2.45, 2.75) is 71.5 Å². The number of halogens is 1. The van der Waals surface area contributed by atoms with Crippen LogP contribution >= 0.6 is 22.6 Å². The third kappa shape index (κ3) is 6.60. The molecule has 5 heteroatoms. The van der Waals surface area contributed by atoms with Crippen molar-refractivity contribution in [3.8, 4) is 0 Å². The highest BCUT2D eigenvalue weighted by atomic mass is 127. The van der Waals surface area contributed by atoms with E-state index < -0.39 is 5.60 Å². The Bertz CT molecular complexity index is 346. The minimum atomic E-state index is -0.430. The SMILES string of the molecule is CCCC(C)COC1(CI)CCN(C(=O)OC(C)(C)C)CC1. The number of alkyl halides is 1. The molecule has 1 saturated heterocycles. The molecular formula is C17H32INO3. The van der Waals surface area contributed by atoms with Gasteiger partial charge in [-0.1, -0.05) is 42.9 Å². The van der Waals surface area contributed by atoms with Crippen LogP contribution in [0.1, 0.15) is 60.3 Å². The van der Waals surface area contributed by atoms with Crippen LogP contribution in [0.5, 0.6) is 0 Å². The maximum Gasteiger partial charge on any atom is 0.410 e. The molecule has 1 heterocycles. The lowest BCUT2D eigenvalue weighted by molar-refractivity contribution is -0.0779. The topological polar surface area (TPSA) is 38.8 Å². The van der Waals surface area contributed by atoms with E-state index in [4.69, 9.17) is 9.47 Å². The predicted octanol–water partition coefficient (Wildman–Crippen LogP) is 4.64. The van der Waals surface area contributed by atoms with Gasteiger partial charge < -0.3 is 14.4 Å². The smallest absolute Gasteiger partial charge is 0.410 e. The molecule has 0 spiro atoms. The summed E-state index contributed by atoms with van der Waals surface area (Å²) in [7, 11) is 0. The Morgan fingerprint density at radius 3 is 2.36 bits per heavy atom. The molecule has 1 atom stereocenters. The molecule has 4 nitrogen and oxygen atoms in total. The fraction of sp³-hybridized carbons (Fsp3) is 0.941. The Hall–Kier alpha value is -0.0400. The summed E-state index contributed by atoms with van der Waals surface area (Å²) >= 11 is 2.41. The minimum Gasteiger partial charge on any atom is -0.444 e. The van der Waals surface area contributed by atoms with Crippen LogP contribution in [-0.2, 0) is 9.47 Å². The summed E-state index contributed by atoms with van der Waals surface area (Å²) in [4.78, 5) is 13.9. The van der Waals surface area contributed by atoms with Gasteiger partial charge in [-0.25, -0.2) is 4.79 Å². The molecule has 0 aromatic rings. The Kier molecular flexibility index (Phi) is 7.92. The van der Waals surface area contributed by atoms with Gasteiger partial charge in [0.2, 0.25) is 0 Å². The van der Waals surface area contributed by atoms with Crippen LogP contribution in [0.25, 0.3) is 0 Å². The highest BCUT2D eigenvalue weighted by Crippen LogP contribution is 2.30. The summed E-state index contributed by atoms with van der Waals surface area (Å²) in [6.07, 6.45) is 4.01. The van der Waals surface area contributed by atoms with E-state index in [1.54, 1.807) is 0 Å². The van der Waals surface area contributed by atoms with E-state index in [1.165, 1.54) is 12.8 Å². The molecular weight excluding hydrogens is 393 g/mol. The lowest BCUT2D eigenvalue weighted by atomic mass is 9.93. The molecule has 0 aliphatic carbocycles. The molecule has 1 fully saturated rings. The Balaban J connectivity index is 2.48. The van der Waals surface area contributed by atoms with Crippen molar-refractivity contribution in [1.82, 2.24) is 4.90 Å². The van der Waals surface area contributed by atoms with Gasteiger partial charge in [0.15, 0.2) is 0 Å². The fourth-order valence-electron chi connectivity index (χ4n) is 2.64. The number of likely N-dealkylation sites (tertiary alicyclic amines) is 1. The third-order valence-corrected chi connectivity index (χ3v) is 5.42. The van der Waals surface area contributed by atoms with E-state index in [1.807, 2.05) is 25.7 Å². The van der Waals surface area contributed by atoms with Crippen LogP contribution in [0.3, 0.4) is 0 Å². The quantitative estimate of drug-likeness (QED) is 0.460. The van der Waals surface area contributed by atoms with Gasteiger partial charge in [-0.3, -0.25) is 0 Å². The lowest BCUT2D eigenvalue weighted by Gasteiger charge is -2.41. The minimum absolute atomic E-state index is 0.0684. The Morgan fingerprint density at radius 2 is 1.91 bits per heavy atom. The average molecular weight is 425 g/mol. The van der Waals surface area contributed by atoms with Crippen LogP contribution < -0.4 is 0 Å². The van der Waals surface area contributed by atoms with Gasteiger partial charge in [0, 0.05) is 24.1 Å². The molecule has 1 amide bonds. The molecule has 0 aromatic heterocycles. The van der Waals surface area contributed by atoms with E-state index in [-0.39, 0.29) is 11.7 Å². The van der Waals surface area contributed by atoms with Gasteiger partial charge in [0.05, 0.1) is 5.60 Å². The van der Waals surface area contributed by atoms with Gasteiger partial charge in [0.1, 0.15) is 5.60 Å². The van der Waals surface area contributed by atoms with Crippen LogP contribution in [0.15, 0.2) is 0 Å². The van der Waals surface area contributed by atoms with Crippen molar-refractivity contribution in [3.05, 3.63) is 0 Å². The summed E-state index contributed by atoms with van der Waals surface area (Å²) in [6, 6.07) is 0. The first kappa shape index (κ1) is 20.0. The van der Waals surface area contributed by atoms with E-state index in [9.17, 15) is 4.79 Å². The van der Waals surface area contributed by atoms with E-state index in [2.05, 4.69) is 36.4 Å². The van der Waals surface area contributed by atoms with Crippen LogP contribution in [0.4, 0.5) is 4.79 Å². The number of piperidine rings is 1. The number of ether oxygens (including phenoxy) is 2. The van der Waals surface area contributed by atoms with Gasteiger partial charge in [0.25, 0.3) is 0 Å². The van der Waals surface area contributed by atoms with Crippen molar-refractivity contribution in [2.24, 2.45) is 5.92 Å². The van der Waals surface area contributed by atoms with Gasteiger partial charge >= 0.3 is 6.09 Å². The zero-order valence-corrected chi connectivity index (χ0v) is 16.9. The second-order valence-corrected chi connectivity index (χ2v) is 8.25. The molecule has 0 N–H and O–H groups in total. The second-order valence-electron chi connectivity index (χ2n) is 7.49. The number of rotatable bonds is 6. The van der Waals surface area contributed by atoms with Crippen molar-refractivity contribution < 1.29 is 14.3 Å². The van der Waals surface area contributed by atoms with E-state index in [0.717, 1.165) is 37.0 Å². The summed E-state index contributed by atoms with van der Waals surface area (Å²) in [5.74, 6) is 0.605. The molecule has 0 bridgehead atoms. The number of amides is 1. The van der Waals surface area contributed by atoms with Crippen LogP contribution in [0.2, 0.25) is 0 Å². The molecule has 130 valence electrons. The van der Waals surface area contributed by atoms with Crippen molar-refractivity contribution >= 4 is 28.7 Å². The predicted molar refractivity (Wildman–Crippen MR) is 98.7 cm³/mol. The summed E-state index contributed by atoms with van der Waals surface area (Å²) < 4.78 is 12.7. The average Bonchev–Trinajstić information content (AvgIpc) is 2.44. The maximum absolute atomic E-state index is 12.1. The monoisotopic (exact) mass is 425 g/mol. The molecule has 22 heavy (non-hydrogen) atoms. The highest BCUT2D eigenvalue weighted by Gasteiger charge is 2.37. The molecule has 1 aliphatic heterocycles. The van der Waals surface area contributed by atoms with Crippen LogP contribution in [-0.4, -0.2) is 46.3 Å². The lowest BCUT2D eigenvalue weighted by Crippen LogP contribution is -2.50. The Morgan fingerprint density at radius 1 is 1.32 bits per heavy atom. The summed E-state index contributed by atoms with van der Waals surface area (Å²) in [6.45, 7) is 12.4. The largest absolute Gasteiger partial charge is 0.444 e. The number of hydrogen-bond acceptors (Lipinski definition) is 3. The van der Waals surface area contributed by atoms with Crippen molar-refractivity contribution in [1.29, 1.82) is 0 Å². The van der Waals surface area contributed by atoms with Crippen LogP contribution in [0, 0.1) is 5.92 Å². The normalized spacial score (nSPS) is 19.8. The first-order chi connectivity index (χ1) is 10.2. The van der Waals surface area contributed by atoms with Crippen molar-refractivity contribution in [3.63, 3.8) is 0 Å². The molecule has 0 radical (unpaired) electrons. The van der Waals surface area contributed by atoms with E-state index in [0.29, 0.717) is 5.92 Å². The number of nitrogens with zero attached hydrogens (tertiary/aromatic N) is 1. The second kappa shape index (κ2) is 8.71. The van der Waals surface area contributed by atoms with Gasteiger partial charge in [-0.05, 0) is 46.0 Å². The number of carbonyl (C=O) groups excluding carboxylic acids is 1. The molecule has 1 aliphatic rings. The summed E-state index contributed by atoms with van der Waals surface area (Å²) in [5, 5.41) is 0. The van der Waals surface area contributed by atoms with Gasteiger partial charge in [-0.2, -0.15) is 0 Å². The zero-order valence-electron chi connectivity index (χ0n) is 14.8. The fourth-order valence-corrected chi connectivity index (χ4v) is 3.62. The van der Waals surface area contributed by atoms with E-state index >= 15 is 0 Å². The maximum atomic E-state index is 12.1. The Labute approximate surface area is 149 Å². The number of carbonyl (C=O) groups is 1. The van der Waals surface area contributed by atoms with Gasteiger partial charge in [-0.15, -0.1) is 0 Å². The zero-order chi connectivity index (χ0) is 16.8. The molecule has 1 unspecified atom stereocenters.